The van der Waals surface area contributed by atoms with Gasteiger partial charge in [0.15, 0.2) is 0 Å². The number of urea groups is 1. The second kappa shape index (κ2) is 8.14. The van der Waals surface area contributed by atoms with Crippen LogP contribution in [0.3, 0.4) is 0 Å². The zero-order valence-electron chi connectivity index (χ0n) is 17.1. The van der Waals surface area contributed by atoms with Crippen LogP contribution in [0.25, 0.3) is 0 Å². The largest absolute Gasteiger partial charge is 0.339 e. The zero-order valence-corrected chi connectivity index (χ0v) is 17.1. The Morgan fingerprint density at radius 1 is 1.10 bits per heavy atom. The Morgan fingerprint density at radius 2 is 1.83 bits per heavy atom. The first-order chi connectivity index (χ1) is 14.0. The fraction of sp³-hybridized carbons (Fsp3) is 0.591. The van der Waals surface area contributed by atoms with Crippen LogP contribution < -0.4 is 5.32 Å². The van der Waals surface area contributed by atoms with Crippen molar-refractivity contribution in [3.63, 3.8) is 0 Å². The summed E-state index contributed by atoms with van der Waals surface area (Å²) in [6, 6.07) is 9.88. The number of nitrogens with zero attached hydrogens (tertiary/aromatic N) is 3. The molecule has 4 amide bonds. The summed E-state index contributed by atoms with van der Waals surface area (Å²) in [5.41, 5.74) is 0.461. The highest BCUT2D eigenvalue weighted by atomic mass is 16.2. The first-order valence-corrected chi connectivity index (χ1v) is 10.7. The van der Waals surface area contributed by atoms with Crippen LogP contribution >= 0.6 is 0 Å². The predicted molar refractivity (Wildman–Crippen MR) is 109 cm³/mol. The summed E-state index contributed by atoms with van der Waals surface area (Å²) < 4.78 is 0. The van der Waals surface area contributed by atoms with Crippen molar-refractivity contribution in [1.82, 2.24) is 20.0 Å². The third-order valence-electron chi connectivity index (χ3n) is 6.77. The highest BCUT2D eigenvalue weighted by molar-refractivity contribution is 6.09. The normalized spacial score (nSPS) is 28.1. The quantitative estimate of drug-likeness (QED) is 0.786. The third kappa shape index (κ3) is 3.88. The van der Waals surface area contributed by atoms with Gasteiger partial charge in [0.2, 0.25) is 5.91 Å². The number of rotatable bonds is 4. The summed E-state index contributed by atoms with van der Waals surface area (Å²) in [5.74, 6) is -0.256. The van der Waals surface area contributed by atoms with Gasteiger partial charge in [-0.05, 0) is 24.3 Å². The van der Waals surface area contributed by atoms with Crippen LogP contribution in [0.5, 0.6) is 0 Å². The molecule has 2 heterocycles. The SMILES string of the molecule is CC1CCCCC12NC(=O)N(CC(=O)N1CCN(Cc3ccccc3)CC1)C2=O. The molecule has 3 fully saturated rings. The Hall–Kier alpha value is -2.41. The number of amides is 4. The standard InChI is InChI=1S/C22H30N4O3/c1-17-7-5-6-10-22(17)20(28)26(21(29)23-22)16-19(27)25-13-11-24(12-14-25)15-18-8-3-2-4-9-18/h2-4,8-9,17H,5-7,10-16H2,1H3,(H,23,29). The molecule has 1 aliphatic carbocycles. The van der Waals surface area contributed by atoms with Crippen LogP contribution in [0.2, 0.25) is 0 Å². The highest BCUT2D eigenvalue weighted by Gasteiger charge is 2.55. The minimum absolute atomic E-state index is 0.106. The van der Waals surface area contributed by atoms with Gasteiger partial charge in [-0.25, -0.2) is 4.79 Å². The Morgan fingerprint density at radius 3 is 2.52 bits per heavy atom. The minimum atomic E-state index is -0.802. The van der Waals surface area contributed by atoms with Crippen molar-refractivity contribution in [3.05, 3.63) is 35.9 Å². The second-order valence-electron chi connectivity index (χ2n) is 8.58. The highest BCUT2D eigenvalue weighted by Crippen LogP contribution is 2.38. The van der Waals surface area contributed by atoms with E-state index in [-0.39, 0.29) is 24.3 Å². The first-order valence-electron chi connectivity index (χ1n) is 10.7. The maximum absolute atomic E-state index is 13.0. The average molecular weight is 399 g/mol. The number of hydrogen-bond acceptors (Lipinski definition) is 4. The summed E-state index contributed by atoms with van der Waals surface area (Å²) in [5, 5.41) is 2.92. The number of carbonyl (C=O) groups is 3. The monoisotopic (exact) mass is 398 g/mol. The average Bonchev–Trinajstić information content (AvgIpc) is 2.96. The number of piperazine rings is 1. The van der Waals surface area contributed by atoms with E-state index in [2.05, 4.69) is 22.3 Å². The number of hydrogen-bond donors (Lipinski definition) is 1. The van der Waals surface area contributed by atoms with Crippen molar-refractivity contribution in [2.24, 2.45) is 5.92 Å². The lowest BCUT2D eigenvalue weighted by atomic mass is 9.73. The van der Waals surface area contributed by atoms with Gasteiger partial charge in [-0.3, -0.25) is 19.4 Å². The molecule has 7 nitrogen and oxygen atoms in total. The van der Waals surface area contributed by atoms with Crippen molar-refractivity contribution < 1.29 is 14.4 Å². The van der Waals surface area contributed by atoms with Crippen molar-refractivity contribution in [1.29, 1.82) is 0 Å². The maximum atomic E-state index is 13.0. The molecule has 1 N–H and O–H groups in total. The molecule has 7 heteroatoms. The molecule has 0 radical (unpaired) electrons. The van der Waals surface area contributed by atoms with Gasteiger partial charge >= 0.3 is 6.03 Å². The molecule has 1 aromatic carbocycles. The van der Waals surface area contributed by atoms with Crippen LogP contribution in [0.15, 0.2) is 30.3 Å². The van der Waals surface area contributed by atoms with Crippen LogP contribution in [0.1, 0.15) is 38.2 Å². The lowest BCUT2D eigenvalue weighted by molar-refractivity contribution is -0.141. The van der Waals surface area contributed by atoms with E-state index in [0.717, 1.165) is 43.8 Å². The van der Waals surface area contributed by atoms with E-state index >= 15 is 0 Å². The first kappa shape index (κ1) is 19.9. The second-order valence-corrected chi connectivity index (χ2v) is 8.58. The molecule has 2 aliphatic heterocycles. The van der Waals surface area contributed by atoms with E-state index in [1.54, 1.807) is 4.90 Å². The van der Waals surface area contributed by atoms with E-state index < -0.39 is 11.6 Å². The smallest absolute Gasteiger partial charge is 0.325 e. The molecule has 1 spiro atoms. The summed E-state index contributed by atoms with van der Waals surface area (Å²) in [7, 11) is 0. The fourth-order valence-electron chi connectivity index (χ4n) is 4.87. The lowest BCUT2D eigenvalue weighted by Crippen LogP contribution is -2.54. The Labute approximate surface area is 172 Å². The van der Waals surface area contributed by atoms with E-state index in [1.807, 2.05) is 25.1 Å². The van der Waals surface area contributed by atoms with Crippen LogP contribution in [-0.4, -0.2) is 70.8 Å². The van der Waals surface area contributed by atoms with Gasteiger partial charge in [-0.1, -0.05) is 50.1 Å². The summed E-state index contributed by atoms with van der Waals surface area (Å²) in [4.78, 5) is 43.6. The van der Waals surface area contributed by atoms with Crippen molar-refractivity contribution in [2.45, 2.75) is 44.7 Å². The van der Waals surface area contributed by atoms with Gasteiger partial charge in [0.25, 0.3) is 5.91 Å². The number of carbonyl (C=O) groups excluding carboxylic acids is 3. The van der Waals surface area contributed by atoms with Crippen LogP contribution in [0, 0.1) is 5.92 Å². The van der Waals surface area contributed by atoms with E-state index in [0.29, 0.717) is 19.5 Å². The molecule has 156 valence electrons. The topological polar surface area (TPSA) is 73.0 Å². The van der Waals surface area contributed by atoms with Crippen molar-refractivity contribution in [2.75, 3.05) is 32.7 Å². The van der Waals surface area contributed by atoms with E-state index in [4.69, 9.17) is 0 Å². The molecule has 3 aliphatic rings. The molecule has 2 atom stereocenters. The van der Waals surface area contributed by atoms with Gasteiger partial charge in [0.05, 0.1) is 0 Å². The molecular weight excluding hydrogens is 368 g/mol. The summed E-state index contributed by atoms with van der Waals surface area (Å²) >= 11 is 0. The molecule has 0 aromatic heterocycles. The van der Waals surface area contributed by atoms with Crippen LogP contribution in [-0.2, 0) is 16.1 Å². The fourth-order valence-corrected chi connectivity index (χ4v) is 4.87. The van der Waals surface area contributed by atoms with Gasteiger partial charge in [0, 0.05) is 32.7 Å². The summed E-state index contributed by atoms with van der Waals surface area (Å²) in [6.07, 6.45) is 3.61. The van der Waals surface area contributed by atoms with Crippen molar-refractivity contribution in [3.8, 4) is 0 Å². The Kier molecular flexibility index (Phi) is 5.58. The van der Waals surface area contributed by atoms with Crippen molar-refractivity contribution >= 4 is 17.8 Å². The lowest BCUT2D eigenvalue weighted by Gasteiger charge is -2.37. The Bertz CT molecular complexity index is 776. The Balaban J connectivity index is 1.32. The molecule has 4 rings (SSSR count). The van der Waals surface area contributed by atoms with Gasteiger partial charge in [-0.2, -0.15) is 0 Å². The zero-order chi connectivity index (χ0) is 20.4. The third-order valence-corrected chi connectivity index (χ3v) is 6.77. The number of nitrogens with one attached hydrogen (secondary N) is 1. The van der Waals surface area contributed by atoms with E-state index in [1.165, 1.54) is 5.56 Å². The van der Waals surface area contributed by atoms with Gasteiger partial charge in [0.1, 0.15) is 12.1 Å². The summed E-state index contributed by atoms with van der Waals surface area (Å²) in [6.45, 7) is 5.57. The molecule has 1 aromatic rings. The minimum Gasteiger partial charge on any atom is -0.339 e. The molecular formula is C22H30N4O3. The number of benzene rings is 1. The maximum Gasteiger partial charge on any atom is 0.325 e. The van der Waals surface area contributed by atoms with E-state index in [9.17, 15) is 14.4 Å². The van der Waals surface area contributed by atoms with Gasteiger partial charge < -0.3 is 10.2 Å². The molecule has 2 unspecified atom stereocenters. The molecule has 1 saturated carbocycles. The number of imide groups is 1. The van der Waals surface area contributed by atoms with Gasteiger partial charge in [-0.15, -0.1) is 0 Å². The molecule has 29 heavy (non-hydrogen) atoms. The molecule has 0 bridgehead atoms. The van der Waals surface area contributed by atoms with Crippen LogP contribution in [0.4, 0.5) is 4.79 Å². The molecule has 2 saturated heterocycles. The predicted octanol–water partition coefficient (Wildman–Crippen LogP) is 1.83.